The lowest BCUT2D eigenvalue weighted by Crippen LogP contribution is -2.41. The van der Waals surface area contributed by atoms with Crippen LogP contribution in [0.5, 0.6) is 5.75 Å². The van der Waals surface area contributed by atoms with E-state index in [9.17, 15) is 8.42 Å². The summed E-state index contributed by atoms with van der Waals surface area (Å²) in [5.74, 6) is 3.08. The first-order valence-electron chi connectivity index (χ1n) is 9.36. The van der Waals surface area contributed by atoms with E-state index in [2.05, 4.69) is 15.6 Å². The van der Waals surface area contributed by atoms with Crippen LogP contribution in [0.4, 0.5) is 0 Å². The average Bonchev–Trinajstić information content (AvgIpc) is 2.69. The monoisotopic (exact) mass is 576 g/mol. The fraction of sp³-hybridized carbons (Fsp3) is 0.611. The van der Waals surface area contributed by atoms with Crippen molar-refractivity contribution >= 4 is 63.3 Å². The first-order chi connectivity index (χ1) is 13.5. The normalized spacial score (nSPS) is 15.5. The van der Waals surface area contributed by atoms with Gasteiger partial charge in [-0.05, 0) is 31.0 Å². The Morgan fingerprint density at radius 2 is 2.03 bits per heavy atom. The molecule has 0 spiro atoms. The zero-order chi connectivity index (χ0) is 20.4. The highest BCUT2D eigenvalue weighted by Gasteiger charge is 2.23. The summed E-state index contributed by atoms with van der Waals surface area (Å²) in [4.78, 5) is 4.40. The van der Waals surface area contributed by atoms with Gasteiger partial charge in [0.25, 0.3) is 0 Å². The number of hydrogen-bond donors (Lipinski definition) is 2. The number of halogens is 2. The van der Waals surface area contributed by atoms with Gasteiger partial charge in [-0.25, -0.2) is 12.7 Å². The molecule has 7 nitrogen and oxygen atoms in total. The van der Waals surface area contributed by atoms with Gasteiger partial charge in [-0.15, -0.1) is 24.0 Å². The van der Waals surface area contributed by atoms with Gasteiger partial charge < -0.3 is 15.4 Å². The number of guanidine groups is 1. The molecule has 11 heteroatoms. The van der Waals surface area contributed by atoms with Crippen molar-refractivity contribution in [3.05, 3.63) is 28.8 Å². The minimum atomic E-state index is -3.24. The highest BCUT2D eigenvalue weighted by Crippen LogP contribution is 2.22. The van der Waals surface area contributed by atoms with E-state index in [4.69, 9.17) is 16.3 Å². The number of methoxy groups -OCH3 is 1. The van der Waals surface area contributed by atoms with Gasteiger partial charge in [-0.3, -0.25) is 4.99 Å². The molecule has 0 saturated carbocycles. The molecule has 1 aromatic carbocycles. The molecule has 0 bridgehead atoms. The number of nitrogens with one attached hydrogen (secondary N) is 2. The van der Waals surface area contributed by atoms with E-state index >= 15 is 0 Å². The quantitative estimate of drug-likeness (QED) is 0.267. The summed E-state index contributed by atoms with van der Waals surface area (Å²) in [5, 5.41) is 7.03. The number of rotatable bonds is 9. The van der Waals surface area contributed by atoms with Crippen molar-refractivity contribution in [3.8, 4) is 5.75 Å². The molecule has 1 aliphatic rings. The van der Waals surface area contributed by atoms with E-state index in [0.717, 1.165) is 29.2 Å². The Morgan fingerprint density at radius 3 is 2.66 bits per heavy atom. The predicted molar refractivity (Wildman–Crippen MR) is 134 cm³/mol. The molecule has 1 saturated heterocycles. The van der Waals surface area contributed by atoms with Crippen molar-refractivity contribution in [2.75, 3.05) is 57.1 Å². The highest BCUT2D eigenvalue weighted by molar-refractivity contribution is 14.0. The molecular weight excluding hydrogens is 547 g/mol. The maximum Gasteiger partial charge on any atom is 0.215 e. The van der Waals surface area contributed by atoms with Gasteiger partial charge in [-0.2, -0.15) is 11.8 Å². The molecular formula is C18H30ClIN4O3S2. The summed E-state index contributed by atoms with van der Waals surface area (Å²) in [5.41, 5.74) is 1.01. The Labute approximate surface area is 200 Å². The van der Waals surface area contributed by atoms with Crippen LogP contribution in [0.3, 0.4) is 0 Å². The van der Waals surface area contributed by atoms with Crippen LogP contribution in [0, 0.1) is 0 Å². The van der Waals surface area contributed by atoms with Crippen LogP contribution in [-0.4, -0.2) is 75.8 Å². The Balaban J connectivity index is 0.00000420. The smallest absolute Gasteiger partial charge is 0.215 e. The van der Waals surface area contributed by atoms with Gasteiger partial charge in [0.15, 0.2) is 5.96 Å². The van der Waals surface area contributed by atoms with Gasteiger partial charge in [0.05, 0.1) is 19.4 Å². The molecule has 2 N–H and O–H groups in total. The summed E-state index contributed by atoms with van der Waals surface area (Å²) in [6.45, 7) is 4.72. The Hall–Kier alpha value is -0.430. The van der Waals surface area contributed by atoms with Crippen LogP contribution in [0.1, 0.15) is 12.5 Å². The number of sulfonamides is 1. The van der Waals surface area contributed by atoms with Crippen molar-refractivity contribution in [1.82, 2.24) is 14.9 Å². The van der Waals surface area contributed by atoms with Crippen LogP contribution in [0.2, 0.25) is 5.02 Å². The second kappa shape index (κ2) is 13.8. The van der Waals surface area contributed by atoms with Gasteiger partial charge in [-0.1, -0.05) is 17.7 Å². The summed E-state index contributed by atoms with van der Waals surface area (Å²) in [6.07, 6.45) is 0.719. The minimum absolute atomic E-state index is 0. The van der Waals surface area contributed by atoms with E-state index in [0.29, 0.717) is 37.2 Å². The number of ether oxygens (including phenoxy) is 1. The zero-order valence-electron chi connectivity index (χ0n) is 16.8. The third-order valence-corrected chi connectivity index (χ3v) is 7.42. The second-order valence-electron chi connectivity index (χ2n) is 6.22. The molecule has 1 aliphatic heterocycles. The standard InChI is InChI=1S/C18H29ClN4O3S2.HI/c1-3-20-18(21-7-6-15-4-5-16(26-2)14-17(15)19)22-8-13-28(24,25)23-9-11-27-12-10-23;/h4-5,14H,3,6-13H2,1-2H3,(H2,20,21,22);1H. The lowest BCUT2D eigenvalue weighted by molar-refractivity contribution is 0.414. The molecule has 1 fully saturated rings. The fourth-order valence-corrected chi connectivity index (χ4v) is 5.46. The van der Waals surface area contributed by atoms with E-state index < -0.39 is 10.0 Å². The fourth-order valence-electron chi connectivity index (χ4n) is 2.74. The van der Waals surface area contributed by atoms with E-state index in [1.54, 1.807) is 29.2 Å². The van der Waals surface area contributed by atoms with Gasteiger partial charge in [0.1, 0.15) is 5.75 Å². The molecule has 0 aromatic heterocycles. The molecule has 1 heterocycles. The minimum Gasteiger partial charge on any atom is -0.497 e. The first-order valence-corrected chi connectivity index (χ1v) is 12.5. The number of thioether (sulfide) groups is 1. The van der Waals surface area contributed by atoms with Gasteiger partial charge >= 0.3 is 0 Å². The number of hydrogen-bond acceptors (Lipinski definition) is 5. The molecule has 1 aromatic rings. The van der Waals surface area contributed by atoms with Crippen LogP contribution in [0.25, 0.3) is 0 Å². The van der Waals surface area contributed by atoms with Crippen molar-refractivity contribution < 1.29 is 13.2 Å². The van der Waals surface area contributed by atoms with E-state index in [1.807, 2.05) is 19.1 Å². The lowest BCUT2D eigenvalue weighted by Gasteiger charge is -2.25. The summed E-state index contributed by atoms with van der Waals surface area (Å²) >= 11 is 8.06. The Morgan fingerprint density at radius 1 is 1.31 bits per heavy atom. The summed E-state index contributed by atoms with van der Waals surface area (Å²) < 4.78 is 31.5. The Bertz CT molecular complexity index is 759. The number of nitrogens with zero attached hydrogens (tertiary/aromatic N) is 2. The summed E-state index contributed by atoms with van der Waals surface area (Å²) in [7, 11) is -1.63. The SMILES string of the molecule is CCNC(=NCCS(=O)(=O)N1CCSCC1)NCCc1ccc(OC)cc1Cl.I. The second-order valence-corrected chi connectivity index (χ2v) is 9.94. The van der Waals surface area contributed by atoms with Crippen molar-refractivity contribution in [2.45, 2.75) is 13.3 Å². The molecule has 0 unspecified atom stereocenters. The van der Waals surface area contributed by atoms with Crippen LogP contribution < -0.4 is 15.4 Å². The molecule has 0 amide bonds. The highest BCUT2D eigenvalue weighted by atomic mass is 127. The molecule has 166 valence electrons. The van der Waals surface area contributed by atoms with Crippen molar-refractivity contribution in [1.29, 1.82) is 0 Å². The van der Waals surface area contributed by atoms with E-state index in [-0.39, 0.29) is 36.3 Å². The third kappa shape index (κ3) is 9.07. The third-order valence-electron chi connectivity index (χ3n) is 4.27. The van der Waals surface area contributed by atoms with Crippen molar-refractivity contribution in [2.24, 2.45) is 4.99 Å². The molecule has 2 rings (SSSR count). The lowest BCUT2D eigenvalue weighted by atomic mass is 10.1. The largest absolute Gasteiger partial charge is 0.497 e. The van der Waals surface area contributed by atoms with Crippen LogP contribution in [-0.2, 0) is 16.4 Å². The van der Waals surface area contributed by atoms with E-state index in [1.165, 1.54) is 0 Å². The Kier molecular flexibility index (Phi) is 12.7. The van der Waals surface area contributed by atoms with Crippen LogP contribution in [0.15, 0.2) is 23.2 Å². The zero-order valence-corrected chi connectivity index (χ0v) is 21.5. The van der Waals surface area contributed by atoms with Crippen LogP contribution >= 0.6 is 47.3 Å². The average molecular weight is 577 g/mol. The maximum atomic E-state index is 12.4. The van der Waals surface area contributed by atoms with Gasteiger partial charge in [0, 0.05) is 42.7 Å². The van der Waals surface area contributed by atoms with Crippen molar-refractivity contribution in [3.63, 3.8) is 0 Å². The summed E-state index contributed by atoms with van der Waals surface area (Å²) in [6, 6.07) is 5.61. The number of benzene rings is 1. The maximum absolute atomic E-state index is 12.4. The predicted octanol–water partition coefficient (Wildman–Crippen LogP) is 2.44. The molecule has 0 aliphatic carbocycles. The van der Waals surface area contributed by atoms with Gasteiger partial charge in [0.2, 0.25) is 10.0 Å². The molecule has 0 radical (unpaired) electrons. The molecule has 0 atom stereocenters. The topological polar surface area (TPSA) is 83.0 Å². The molecule has 29 heavy (non-hydrogen) atoms. The first kappa shape index (κ1) is 26.6. The number of aliphatic imine (C=N–C) groups is 1.